The van der Waals surface area contributed by atoms with Crippen LogP contribution in [0.25, 0.3) is 11.1 Å². The van der Waals surface area contributed by atoms with Gasteiger partial charge in [0.15, 0.2) is 10.9 Å². The van der Waals surface area contributed by atoms with Gasteiger partial charge in [-0.25, -0.2) is 14.4 Å². The van der Waals surface area contributed by atoms with Crippen molar-refractivity contribution in [2.24, 2.45) is 0 Å². The predicted molar refractivity (Wildman–Crippen MR) is 157 cm³/mol. The first-order chi connectivity index (χ1) is 18.8. The van der Waals surface area contributed by atoms with E-state index in [1.54, 1.807) is 12.1 Å². The zero-order chi connectivity index (χ0) is 28.4. The SMILES string of the molecule is CCCCO.Cc1ccc(-c2c(C#N)c(N)nc(SCc3csc(Nc4cccc(Cl)c4F)n3)c2C#N)cc1. The number of thioether (sulfide) groups is 1. The number of pyridine rings is 1. The molecule has 200 valence electrons. The number of aryl methyl sites for hydroxylation is 1. The summed E-state index contributed by atoms with van der Waals surface area (Å²) in [7, 11) is 0. The molecule has 7 nitrogen and oxygen atoms in total. The minimum atomic E-state index is -0.546. The van der Waals surface area contributed by atoms with Gasteiger partial charge in [-0.2, -0.15) is 10.5 Å². The van der Waals surface area contributed by atoms with Crippen LogP contribution < -0.4 is 11.1 Å². The summed E-state index contributed by atoms with van der Waals surface area (Å²) in [5.74, 6) is -0.0807. The molecule has 0 radical (unpaired) electrons. The molecule has 0 atom stereocenters. The molecule has 11 heteroatoms. The Labute approximate surface area is 240 Å². The second-order valence-electron chi connectivity index (χ2n) is 8.25. The van der Waals surface area contributed by atoms with Crippen LogP contribution in [0.15, 0.2) is 52.9 Å². The number of nitrogens with two attached hydrogens (primary N) is 1. The fraction of sp³-hybridized carbons (Fsp3) is 0.214. The first-order valence-electron chi connectivity index (χ1n) is 11.9. The largest absolute Gasteiger partial charge is 0.396 e. The van der Waals surface area contributed by atoms with Gasteiger partial charge < -0.3 is 16.2 Å². The van der Waals surface area contributed by atoms with Crippen LogP contribution in [0.1, 0.15) is 42.1 Å². The Hall–Kier alpha value is -3.67. The maximum atomic E-state index is 14.2. The molecule has 0 saturated carbocycles. The third-order valence-corrected chi connectivity index (χ3v) is 7.48. The molecule has 4 N–H and O–H groups in total. The zero-order valence-electron chi connectivity index (χ0n) is 21.3. The minimum absolute atomic E-state index is 0.0234. The monoisotopic (exact) mass is 580 g/mol. The number of nitrogens with zero attached hydrogens (tertiary/aromatic N) is 4. The third kappa shape index (κ3) is 7.69. The fourth-order valence-corrected chi connectivity index (χ4v) is 5.25. The lowest BCUT2D eigenvalue weighted by Crippen LogP contribution is -2.03. The summed E-state index contributed by atoms with van der Waals surface area (Å²) < 4.78 is 14.2. The Kier molecular flexibility index (Phi) is 11.1. The Balaban J connectivity index is 0.000000771. The highest BCUT2D eigenvalue weighted by molar-refractivity contribution is 7.98. The van der Waals surface area contributed by atoms with Crippen molar-refractivity contribution in [1.29, 1.82) is 10.5 Å². The van der Waals surface area contributed by atoms with E-state index in [1.807, 2.05) is 36.6 Å². The molecule has 0 bridgehead atoms. The van der Waals surface area contributed by atoms with E-state index in [0.717, 1.165) is 24.0 Å². The lowest BCUT2D eigenvalue weighted by Gasteiger charge is -2.13. The first-order valence-corrected chi connectivity index (χ1v) is 14.2. The van der Waals surface area contributed by atoms with Crippen LogP contribution in [0.3, 0.4) is 0 Å². The molecule has 0 aliphatic carbocycles. The second kappa shape index (κ2) is 14.5. The van der Waals surface area contributed by atoms with Gasteiger partial charge in [0, 0.05) is 23.3 Å². The van der Waals surface area contributed by atoms with Crippen LogP contribution >= 0.6 is 34.7 Å². The van der Waals surface area contributed by atoms with Crippen molar-refractivity contribution in [3.63, 3.8) is 0 Å². The number of unbranched alkanes of at least 4 members (excludes halogenated alkanes) is 1. The molecule has 2 heterocycles. The number of nitriles is 2. The number of hydrogen-bond donors (Lipinski definition) is 3. The molecule has 0 saturated heterocycles. The van der Waals surface area contributed by atoms with Gasteiger partial charge in [0.05, 0.1) is 22.0 Å². The van der Waals surface area contributed by atoms with Crippen molar-refractivity contribution in [2.45, 2.75) is 37.5 Å². The number of aliphatic hydroxyl groups excluding tert-OH is 1. The predicted octanol–water partition coefficient (Wildman–Crippen LogP) is 7.45. The van der Waals surface area contributed by atoms with Crippen molar-refractivity contribution in [3.8, 4) is 23.3 Å². The maximum absolute atomic E-state index is 14.2. The smallest absolute Gasteiger partial charge is 0.187 e. The highest BCUT2D eigenvalue weighted by Gasteiger charge is 2.21. The van der Waals surface area contributed by atoms with Gasteiger partial charge in [0.1, 0.15) is 28.5 Å². The molecule has 2 aromatic heterocycles. The van der Waals surface area contributed by atoms with Gasteiger partial charge in [0.25, 0.3) is 0 Å². The maximum Gasteiger partial charge on any atom is 0.187 e. The van der Waals surface area contributed by atoms with Crippen LogP contribution in [0.4, 0.5) is 21.0 Å². The number of aromatic nitrogens is 2. The summed E-state index contributed by atoms with van der Waals surface area (Å²) in [6, 6.07) is 16.5. The highest BCUT2D eigenvalue weighted by Crippen LogP contribution is 2.37. The molecule has 4 rings (SSSR count). The number of hydrogen-bond acceptors (Lipinski definition) is 9. The molecule has 0 aliphatic heterocycles. The fourth-order valence-electron chi connectivity index (χ4n) is 3.36. The van der Waals surface area contributed by atoms with Gasteiger partial charge in [0.2, 0.25) is 0 Å². The van der Waals surface area contributed by atoms with Crippen molar-refractivity contribution in [2.75, 3.05) is 17.7 Å². The second-order valence-corrected chi connectivity index (χ2v) is 10.5. The first kappa shape index (κ1) is 29.9. The molecule has 0 amide bonds. The number of nitrogen functional groups attached to an aromatic ring is 1. The molecular formula is C28H26ClFN6OS2. The van der Waals surface area contributed by atoms with Gasteiger partial charge in [-0.15, -0.1) is 11.3 Å². The number of halogens is 2. The van der Waals surface area contributed by atoms with Crippen LogP contribution in [-0.2, 0) is 5.75 Å². The molecule has 4 aromatic rings. The van der Waals surface area contributed by atoms with Crippen LogP contribution in [-0.4, -0.2) is 21.7 Å². The van der Waals surface area contributed by atoms with E-state index in [2.05, 4.69) is 34.3 Å². The van der Waals surface area contributed by atoms with Crippen molar-refractivity contribution in [3.05, 3.63) is 81.1 Å². The average molecular weight is 581 g/mol. The topological polar surface area (TPSA) is 132 Å². The zero-order valence-corrected chi connectivity index (χ0v) is 23.7. The number of anilines is 3. The van der Waals surface area contributed by atoms with E-state index in [4.69, 9.17) is 22.4 Å². The van der Waals surface area contributed by atoms with Gasteiger partial charge in [-0.1, -0.05) is 72.6 Å². The molecular weight excluding hydrogens is 555 g/mol. The molecule has 39 heavy (non-hydrogen) atoms. The molecule has 0 aliphatic rings. The van der Waals surface area contributed by atoms with Crippen molar-refractivity contribution >= 4 is 51.3 Å². The summed E-state index contributed by atoms with van der Waals surface area (Å²) in [6.45, 7) is 4.35. The molecule has 0 spiro atoms. The van der Waals surface area contributed by atoms with Gasteiger partial charge in [-0.3, -0.25) is 0 Å². The summed E-state index contributed by atoms with van der Waals surface area (Å²) in [5.41, 5.74) is 9.74. The van der Waals surface area contributed by atoms with E-state index < -0.39 is 5.82 Å². The van der Waals surface area contributed by atoms with Crippen molar-refractivity contribution < 1.29 is 9.50 Å². The van der Waals surface area contributed by atoms with Crippen LogP contribution in [0.5, 0.6) is 0 Å². The molecule has 2 aromatic carbocycles. The molecule has 0 unspecified atom stereocenters. The normalized spacial score (nSPS) is 10.2. The minimum Gasteiger partial charge on any atom is -0.396 e. The van der Waals surface area contributed by atoms with E-state index in [-0.39, 0.29) is 27.7 Å². The van der Waals surface area contributed by atoms with Gasteiger partial charge in [-0.05, 0) is 31.0 Å². The summed E-state index contributed by atoms with van der Waals surface area (Å²) in [6.07, 6.45) is 2.04. The third-order valence-electron chi connectivity index (χ3n) is 5.37. The summed E-state index contributed by atoms with van der Waals surface area (Å²) in [4.78, 5) is 8.80. The number of rotatable bonds is 8. The van der Waals surface area contributed by atoms with E-state index in [9.17, 15) is 14.9 Å². The quantitative estimate of drug-likeness (QED) is 0.183. The van der Waals surface area contributed by atoms with E-state index in [0.29, 0.717) is 33.8 Å². The van der Waals surface area contributed by atoms with Gasteiger partial charge >= 0.3 is 0 Å². The Morgan fingerprint density at radius 1 is 1.13 bits per heavy atom. The Morgan fingerprint density at radius 2 is 1.85 bits per heavy atom. The number of benzene rings is 2. The molecule has 0 fully saturated rings. The number of aliphatic hydroxyl groups is 1. The lowest BCUT2D eigenvalue weighted by atomic mass is 9.96. The summed E-state index contributed by atoms with van der Waals surface area (Å²) in [5, 5.41) is 33.3. The van der Waals surface area contributed by atoms with E-state index >= 15 is 0 Å². The standard InChI is InChI=1S/C24H16ClFN6S2.C4H10O/c1-13-5-7-14(8-6-13)20-16(9-27)22(29)32-23(17(20)10-28)33-11-15-12-34-24(30-15)31-19-4-2-3-18(25)21(19)26;1-2-3-4-5/h2-8,12H,11H2,1H3,(H2,29,32)(H,30,31);5H,2-4H2,1H3. The number of nitrogens with one attached hydrogen (secondary N) is 1. The Bertz CT molecular complexity index is 1510. The lowest BCUT2D eigenvalue weighted by molar-refractivity contribution is 0.287. The van der Waals surface area contributed by atoms with Crippen molar-refractivity contribution in [1.82, 2.24) is 9.97 Å². The Morgan fingerprint density at radius 3 is 2.46 bits per heavy atom. The van der Waals surface area contributed by atoms with Crippen LogP contribution in [0.2, 0.25) is 5.02 Å². The highest BCUT2D eigenvalue weighted by atomic mass is 35.5. The van der Waals surface area contributed by atoms with Crippen LogP contribution in [0, 0.1) is 35.4 Å². The average Bonchev–Trinajstić information content (AvgIpc) is 3.38. The van der Waals surface area contributed by atoms with E-state index in [1.165, 1.54) is 29.2 Å². The summed E-state index contributed by atoms with van der Waals surface area (Å²) >= 11 is 8.44. The number of thiazole rings is 1.